The van der Waals surface area contributed by atoms with Crippen molar-refractivity contribution in [3.8, 4) is 34.1 Å². The molecular weight excluding hydrogens is 652 g/mol. The summed E-state index contributed by atoms with van der Waals surface area (Å²) in [5.41, 5.74) is 4.81. The van der Waals surface area contributed by atoms with Gasteiger partial charge in [0.2, 0.25) is 0 Å². The molecule has 0 spiro atoms. The molecule has 1 aliphatic carbocycles. The largest absolute Gasteiger partial charge is 0.494 e. The standard InChI is InChI=1S/C41H38O10/c1-3-38(42)48-23-7-5-21-46-32-13-9-28(10-14-32)40(44)50-34-17-19-36-30(26-34)25-31-27-35(18-20-37(31)36)51-41(45)29-11-15-33(16-12-29)47-22-6-8-24-49-39(43)4-2/h3-4,9-20,26-27H,1-2,5-8,21-25H2. The van der Waals surface area contributed by atoms with Crippen LogP contribution in [-0.2, 0) is 25.5 Å². The quantitative estimate of drug-likeness (QED) is 0.0396. The molecule has 0 unspecified atom stereocenters. The third-order valence-electron chi connectivity index (χ3n) is 7.86. The molecule has 0 radical (unpaired) electrons. The second-order valence-corrected chi connectivity index (χ2v) is 11.5. The molecule has 0 atom stereocenters. The van der Waals surface area contributed by atoms with E-state index in [2.05, 4.69) is 13.2 Å². The number of rotatable bonds is 18. The molecule has 4 aromatic carbocycles. The van der Waals surface area contributed by atoms with Gasteiger partial charge in [-0.3, -0.25) is 0 Å². The van der Waals surface area contributed by atoms with Gasteiger partial charge in [-0.2, -0.15) is 0 Å². The van der Waals surface area contributed by atoms with Gasteiger partial charge in [-0.05, 0) is 127 Å². The molecule has 5 rings (SSSR count). The van der Waals surface area contributed by atoms with Crippen molar-refractivity contribution in [3.63, 3.8) is 0 Å². The molecule has 262 valence electrons. The molecule has 0 saturated heterocycles. The average molecular weight is 691 g/mol. The number of unbranched alkanes of at least 4 members (excludes halogenated alkanes) is 2. The number of benzene rings is 4. The Kier molecular flexibility index (Phi) is 12.8. The topological polar surface area (TPSA) is 124 Å². The van der Waals surface area contributed by atoms with Gasteiger partial charge in [0.25, 0.3) is 0 Å². The Balaban J connectivity index is 1.07. The minimum atomic E-state index is -0.487. The molecule has 0 amide bonds. The van der Waals surface area contributed by atoms with Crippen molar-refractivity contribution in [2.45, 2.75) is 32.1 Å². The fourth-order valence-electron chi connectivity index (χ4n) is 5.25. The van der Waals surface area contributed by atoms with Crippen LogP contribution in [0.3, 0.4) is 0 Å². The zero-order valence-corrected chi connectivity index (χ0v) is 28.1. The molecule has 0 N–H and O–H groups in total. The van der Waals surface area contributed by atoms with E-state index in [-0.39, 0.29) is 0 Å². The molecule has 1 aliphatic rings. The highest BCUT2D eigenvalue weighted by molar-refractivity contribution is 5.92. The molecular formula is C41H38O10. The van der Waals surface area contributed by atoms with Crippen LogP contribution in [0.5, 0.6) is 23.0 Å². The lowest BCUT2D eigenvalue weighted by Crippen LogP contribution is -2.09. The number of hydrogen-bond donors (Lipinski definition) is 0. The first-order valence-electron chi connectivity index (χ1n) is 16.6. The first-order chi connectivity index (χ1) is 24.8. The van der Waals surface area contributed by atoms with Gasteiger partial charge in [-0.25, -0.2) is 19.2 Å². The molecule has 0 saturated carbocycles. The SMILES string of the molecule is C=CC(=O)OCCCCOc1ccc(C(=O)Oc2ccc3c(c2)Cc2cc(OC(=O)c4ccc(OCCCCOC(=O)C=C)cc4)ccc2-3)cc1. The summed E-state index contributed by atoms with van der Waals surface area (Å²) >= 11 is 0. The van der Waals surface area contributed by atoms with Crippen LogP contribution in [0, 0.1) is 0 Å². The minimum absolute atomic E-state index is 0.306. The number of carbonyl (C=O) groups excluding carboxylic acids is 4. The number of carbonyl (C=O) groups is 4. The number of esters is 4. The van der Waals surface area contributed by atoms with Gasteiger partial charge in [0.05, 0.1) is 37.6 Å². The molecule has 10 heteroatoms. The first kappa shape index (κ1) is 36.1. The Morgan fingerprint density at radius 3 is 1.27 bits per heavy atom. The molecule has 51 heavy (non-hydrogen) atoms. The van der Waals surface area contributed by atoms with Crippen molar-refractivity contribution in [1.82, 2.24) is 0 Å². The van der Waals surface area contributed by atoms with E-state index in [9.17, 15) is 19.2 Å². The number of fused-ring (bicyclic) bond motifs is 3. The maximum absolute atomic E-state index is 12.9. The van der Waals surface area contributed by atoms with Crippen LogP contribution in [0.2, 0.25) is 0 Å². The molecule has 0 heterocycles. The van der Waals surface area contributed by atoms with Gasteiger partial charge in [0, 0.05) is 12.2 Å². The smallest absolute Gasteiger partial charge is 0.343 e. The van der Waals surface area contributed by atoms with Crippen LogP contribution in [0.25, 0.3) is 11.1 Å². The summed E-state index contributed by atoms with van der Waals surface area (Å²) < 4.78 is 32.6. The predicted octanol–water partition coefficient (Wildman–Crippen LogP) is 7.47. The zero-order chi connectivity index (χ0) is 36.0. The number of ether oxygens (including phenoxy) is 6. The van der Waals surface area contributed by atoms with Gasteiger partial charge in [-0.15, -0.1) is 0 Å². The van der Waals surface area contributed by atoms with Gasteiger partial charge < -0.3 is 28.4 Å². The average Bonchev–Trinajstić information content (AvgIpc) is 3.51. The normalized spacial score (nSPS) is 11.0. The van der Waals surface area contributed by atoms with Crippen LogP contribution >= 0.6 is 0 Å². The van der Waals surface area contributed by atoms with Crippen molar-refractivity contribution in [2.24, 2.45) is 0 Å². The molecule has 0 aromatic heterocycles. The highest BCUT2D eigenvalue weighted by atomic mass is 16.5. The third kappa shape index (κ3) is 10.4. The Morgan fingerprint density at radius 2 is 0.882 bits per heavy atom. The third-order valence-corrected chi connectivity index (χ3v) is 7.86. The lowest BCUT2D eigenvalue weighted by molar-refractivity contribution is -0.138. The summed E-state index contributed by atoms with van der Waals surface area (Å²) in [6.45, 7) is 8.22. The maximum atomic E-state index is 12.9. The van der Waals surface area contributed by atoms with Gasteiger partial charge in [0.1, 0.15) is 23.0 Å². The van der Waals surface area contributed by atoms with Crippen LogP contribution in [0.1, 0.15) is 57.5 Å². The van der Waals surface area contributed by atoms with E-state index >= 15 is 0 Å². The highest BCUT2D eigenvalue weighted by Gasteiger charge is 2.21. The van der Waals surface area contributed by atoms with E-state index in [1.54, 1.807) is 60.7 Å². The summed E-state index contributed by atoms with van der Waals surface area (Å²) in [6.07, 6.45) is 5.59. The maximum Gasteiger partial charge on any atom is 0.343 e. The van der Waals surface area contributed by atoms with E-state index in [4.69, 9.17) is 28.4 Å². The molecule has 0 fully saturated rings. The summed E-state index contributed by atoms with van der Waals surface area (Å²) in [5.74, 6) is 0.231. The minimum Gasteiger partial charge on any atom is -0.494 e. The highest BCUT2D eigenvalue weighted by Crippen LogP contribution is 2.40. The van der Waals surface area contributed by atoms with Crippen LogP contribution in [-0.4, -0.2) is 50.3 Å². The van der Waals surface area contributed by atoms with Crippen molar-refractivity contribution < 1.29 is 47.6 Å². The van der Waals surface area contributed by atoms with Crippen molar-refractivity contribution in [3.05, 3.63) is 132 Å². The summed E-state index contributed by atoms with van der Waals surface area (Å²) in [5, 5.41) is 0. The lowest BCUT2D eigenvalue weighted by atomic mass is 10.1. The molecule has 0 bridgehead atoms. The summed E-state index contributed by atoms with van der Waals surface area (Å²) in [6, 6.07) is 24.5. The second-order valence-electron chi connectivity index (χ2n) is 11.5. The van der Waals surface area contributed by atoms with E-state index in [0.29, 0.717) is 92.7 Å². The fourth-order valence-corrected chi connectivity index (χ4v) is 5.25. The molecule has 4 aromatic rings. The van der Waals surface area contributed by atoms with Crippen LogP contribution in [0.4, 0.5) is 0 Å². The predicted molar refractivity (Wildman–Crippen MR) is 189 cm³/mol. The fraction of sp³-hybridized carbons (Fsp3) is 0.220. The molecule has 10 nitrogen and oxygen atoms in total. The van der Waals surface area contributed by atoms with Crippen LogP contribution in [0.15, 0.2) is 110 Å². The molecule has 0 aliphatic heterocycles. The Labute approximate surface area is 296 Å². The van der Waals surface area contributed by atoms with Crippen molar-refractivity contribution in [1.29, 1.82) is 0 Å². The Hall–Kier alpha value is -6.16. The van der Waals surface area contributed by atoms with Gasteiger partial charge in [-0.1, -0.05) is 25.3 Å². The van der Waals surface area contributed by atoms with Crippen molar-refractivity contribution in [2.75, 3.05) is 26.4 Å². The van der Waals surface area contributed by atoms with Gasteiger partial charge in [0.15, 0.2) is 0 Å². The monoisotopic (exact) mass is 690 g/mol. The summed E-state index contributed by atoms with van der Waals surface area (Å²) in [4.78, 5) is 47.9. The van der Waals surface area contributed by atoms with Gasteiger partial charge >= 0.3 is 23.9 Å². The second kappa shape index (κ2) is 18.0. The van der Waals surface area contributed by atoms with E-state index in [1.165, 1.54) is 0 Å². The number of hydrogen-bond acceptors (Lipinski definition) is 10. The zero-order valence-electron chi connectivity index (χ0n) is 28.1. The van der Waals surface area contributed by atoms with E-state index < -0.39 is 23.9 Å². The Morgan fingerprint density at radius 1 is 0.510 bits per heavy atom. The van der Waals surface area contributed by atoms with E-state index in [1.807, 2.05) is 24.3 Å². The lowest BCUT2D eigenvalue weighted by Gasteiger charge is -2.09. The van der Waals surface area contributed by atoms with E-state index in [0.717, 1.165) is 34.4 Å². The Bertz CT molecular complexity index is 1740. The van der Waals surface area contributed by atoms with Crippen molar-refractivity contribution >= 4 is 23.9 Å². The summed E-state index contributed by atoms with van der Waals surface area (Å²) in [7, 11) is 0. The first-order valence-corrected chi connectivity index (χ1v) is 16.6. The van der Waals surface area contributed by atoms with Crippen LogP contribution < -0.4 is 18.9 Å².